The lowest BCUT2D eigenvalue weighted by molar-refractivity contribution is -0.388. The van der Waals surface area contributed by atoms with Crippen molar-refractivity contribution in [3.8, 4) is 0 Å². The average Bonchev–Trinajstić information content (AvgIpc) is 2.55. The first-order chi connectivity index (χ1) is 12.0. The Morgan fingerprint density at radius 2 is 1.85 bits per heavy atom. The number of nitro benzene ring substituents is 1. The van der Waals surface area contributed by atoms with E-state index in [1.54, 1.807) is 0 Å². The molecule has 0 bridgehead atoms. The topological polar surface area (TPSA) is 102 Å². The number of hydrogen-bond acceptors (Lipinski definition) is 7. The molecule has 0 aliphatic carbocycles. The number of carbonyl (C=O) groups is 2. The molecule has 1 aromatic rings. The van der Waals surface area contributed by atoms with Crippen LogP contribution >= 0.6 is 0 Å². The smallest absolute Gasteiger partial charge is 0.322 e. The zero-order chi connectivity index (χ0) is 20.2. The minimum absolute atomic E-state index is 0.139. The number of hydrazone groups is 1. The highest BCUT2D eigenvalue weighted by Crippen LogP contribution is 2.32. The Morgan fingerprint density at radius 3 is 2.31 bits per heavy atom. The third-order valence-electron chi connectivity index (χ3n) is 3.21. The molecule has 142 valence electrons. The number of esters is 1. The normalized spacial score (nSPS) is 12.1. The summed E-state index contributed by atoms with van der Waals surface area (Å²) in [5.41, 5.74) is -3.97. The summed E-state index contributed by atoms with van der Waals surface area (Å²) in [4.78, 5) is 34.2. The molecule has 0 amide bonds. The summed E-state index contributed by atoms with van der Waals surface area (Å²) in [5, 5.41) is 15.9. The van der Waals surface area contributed by atoms with Gasteiger partial charge in [0, 0.05) is 25.9 Å². The highest BCUT2D eigenvalue weighted by atomic mass is 19.2. The molecule has 0 heterocycles. The van der Waals surface area contributed by atoms with Gasteiger partial charge >= 0.3 is 11.7 Å². The molecule has 1 atom stereocenters. The zero-order valence-electron chi connectivity index (χ0n) is 14.4. The van der Waals surface area contributed by atoms with Gasteiger partial charge in [0.05, 0.1) is 11.5 Å². The van der Waals surface area contributed by atoms with E-state index in [4.69, 9.17) is 0 Å². The van der Waals surface area contributed by atoms with Crippen LogP contribution in [0.1, 0.15) is 22.8 Å². The van der Waals surface area contributed by atoms with Gasteiger partial charge in [-0.1, -0.05) is 0 Å². The molecule has 0 aliphatic rings. The molecule has 0 fully saturated rings. The highest BCUT2D eigenvalue weighted by Gasteiger charge is 2.39. The number of nitro groups is 1. The average molecular weight is 375 g/mol. The lowest BCUT2D eigenvalue weighted by Gasteiger charge is -2.14. The molecule has 26 heavy (non-hydrogen) atoms. The molecule has 0 saturated heterocycles. The number of benzene rings is 1. The van der Waals surface area contributed by atoms with Crippen molar-refractivity contribution in [1.82, 2.24) is 5.01 Å². The number of Topliss-reactive ketones (excluding diaryl/α,β-unsaturated/α-hetero) is 1. The highest BCUT2D eigenvalue weighted by molar-refractivity contribution is 6.20. The summed E-state index contributed by atoms with van der Waals surface area (Å²) in [6.07, 6.45) is 0.778. The molecule has 1 aromatic carbocycles. The Labute approximate surface area is 146 Å². The van der Waals surface area contributed by atoms with E-state index < -0.39 is 56.9 Å². The van der Waals surface area contributed by atoms with Crippen LogP contribution in [0.4, 0.5) is 18.9 Å². The minimum atomic E-state index is -2.00. The van der Waals surface area contributed by atoms with Crippen molar-refractivity contribution >= 4 is 23.7 Å². The molecule has 0 aromatic heterocycles. The fourth-order valence-corrected chi connectivity index (χ4v) is 1.99. The molecule has 0 aliphatic heterocycles. The fraction of sp³-hybridized carbons (Fsp3) is 0.400. The lowest BCUT2D eigenvalue weighted by atomic mass is 9.94. The van der Waals surface area contributed by atoms with Crippen LogP contribution in [-0.2, 0) is 9.53 Å². The molecular weight excluding hydrogens is 359 g/mol. The predicted molar refractivity (Wildman–Crippen MR) is 84.3 cm³/mol. The quantitative estimate of drug-likeness (QED) is 0.138. The summed E-state index contributed by atoms with van der Waals surface area (Å²) in [6.45, 7) is 2.11. The van der Waals surface area contributed by atoms with Crippen LogP contribution in [0.2, 0.25) is 0 Å². The monoisotopic (exact) mass is 375 g/mol. The third kappa shape index (κ3) is 4.16. The minimum Gasteiger partial charge on any atom is -0.465 e. The van der Waals surface area contributed by atoms with Crippen molar-refractivity contribution in [2.45, 2.75) is 13.8 Å². The first-order valence-corrected chi connectivity index (χ1v) is 7.28. The van der Waals surface area contributed by atoms with Crippen molar-refractivity contribution in [2.75, 3.05) is 20.7 Å². The molecule has 11 heteroatoms. The lowest BCUT2D eigenvalue weighted by Crippen LogP contribution is -2.30. The van der Waals surface area contributed by atoms with Gasteiger partial charge in [-0.05, 0) is 13.8 Å². The molecule has 1 rings (SSSR count). The number of halogens is 3. The SMILES string of the molecule is CCOC(=O)C(C=NN(C)C)C(=O)c1c(F)c(C)c(F)c(F)c1[N+](=O)[O-]. The van der Waals surface area contributed by atoms with Gasteiger partial charge in [-0.3, -0.25) is 19.7 Å². The Hall–Kier alpha value is -2.98. The molecule has 0 saturated carbocycles. The Balaban J connectivity index is 3.66. The number of carbonyl (C=O) groups excluding carboxylic acids is 2. The van der Waals surface area contributed by atoms with E-state index in [0.717, 1.165) is 13.1 Å². The Bertz CT molecular complexity index is 781. The molecule has 0 spiro atoms. The van der Waals surface area contributed by atoms with Crippen molar-refractivity contribution in [3.05, 3.63) is 38.7 Å². The number of hydrogen-bond donors (Lipinski definition) is 0. The zero-order valence-corrected chi connectivity index (χ0v) is 14.4. The van der Waals surface area contributed by atoms with Gasteiger partial charge in [-0.15, -0.1) is 0 Å². The first-order valence-electron chi connectivity index (χ1n) is 7.28. The van der Waals surface area contributed by atoms with Gasteiger partial charge in [0.2, 0.25) is 5.82 Å². The van der Waals surface area contributed by atoms with E-state index in [-0.39, 0.29) is 6.61 Å². The maximum Gasteiger partial charge on any atom is 0.322 e. The van der Waals surface area contributed by atoms with Crippen LogP contribution in [0.5, 0.6) is 0 Å². The van der Waals surface area contributed by atoms with Crippen LogP contribution in [0, 0.1) is 40.4 Å². The summed E-state index contributed by atoms with van der Waals surface area (Å²) >= 11 is 0. The summed E-state index contributed by atoms with van der Waals surface area (Å²) in [6, 6.07) is 0. The molecule has 8 nitrogen and oxygen atoms in total. The maximum absolute atomic E-state index is 14.4. The van der Waals surface area contributed by atoms with E-state index in [9.17, 15) is 32.9 Å². The number of ether oxygens (including phenoxy) is 1. The molecule has 0 N–H and O–H groups in total. The fourth-order valence-electron chi connectivity index (χ4n) is 1.99. The number of ketones is 1. The van der Waals surface area contributed by atoms with Crippen molar-refractivity contribution < 1.29 is 32.4 Å². The third-order valence-corrected chi connectivity index (χ3v) is 3.21. The van der Waals surface area contributed by atoms with E-state index in [2.05, 4.69) is 9.84 Å². The second kappa shape index (κ2) is 8.41. The number of nitrogens with zero attached hydrogens (tertiary/aromatic N) is 3. The summed E-state index contributed by atoms with van der Waals surface area (Å²) < 4.78 is 46.6. The number of rotatable bonds is 7. The van der Waals surface area contributed by atoms with Crippen molar-refractivity contribution in [1.29, 1.82) is 0 Å². The van der Waals surface area contributed by atoms with Crippen LogP contribution in [0.25, 0.3) is 0 Å². The predicted octanol–water partition coefficient (Wildman–Crippen LogP) is 2.23. The van der Waals surface area contributed by atoms with Crippen LogP contribution in [-0.4, -0.2) is 48.6 Å². The molecular formula is C15H16F3N3O5. The van der Waals surface area contributed by atoms with Gasteiger partial charge < -0.3 is 9.75 Å². The second-order valence-corrected chi connectivity index (χ2v) is 5.25. The van der Waals surface area contributed by atoms with Gasteiger partial charge in [0.1, 0.15) is 11.4 Å². The Morgan fingerprint density at radius 1 is 1.27 bits per heavy atom. The largest absolute Gasteiger partial charge is 0.465 e. The van der Waals surface area contributed by atoms with Gasteiger partial charge in [-0.2, -0.15) is 9.49 Å². The second-order valence-electron chi connectivity index (χ2n) is 5.25. The van der Waals surface area contributed by atoms with Crippen LogP contribution < -0.4 is 0 Å². The van der Waals surface area contributed by atoms with E-state index in [1.165, 1.54) is 26.0 Å². The molecule has 1 unspecified atom stereocenters. The Kier molecular flexibility index (Phi) is 6.81. The van der Waals surface area contributed by atoms with E-state index in [0.29, 0.717) is 0 Å². The standard InChI is InChI=1S/C15H16F3N3O5/c1-5-26-15(23)8(6-19-20(3)4)14(22)9-10(16)7(2)11(17)12(18)13(9)21(24)25/h6,8H,5H2,1-4H3. The first kappa shape index (κ1) is 21.1. The van der Waals surface area contributed by atoms with E-state index >= 15 is 0 Å². The van der Waals surface area contributed by atoms with Gasteiger partial charge in [0.15, 0.2) is 17.5 Å². The van der Waals surface area contributed by atoms with E-state index in [1.807, 2.05) is 0 Å². The van der Waals surface area contributed by atoms with Gasteiger partial charge in [0.25, 0.3) is 0 Å². The van der Waals surface area contributed by atoms with Crippen LogP contribution in [0.3, 0.4) is 0 Å². The summed E-state index contributed by atoms with van der Waals surface area (Å²) in [5.74, 6) is -9.94. The van der Waals surface area contributed by atoms with Crippen molar-refractivity contribution in [3.63, 3.8) is 0 Å². The molecule has 0 radical (unpaired) electrons. The van der Waals surface area contributed by atoms with Gasteiger partial charge in [-0.25, -0.2) is 8.78 Å². The summed E-state index contributed by atoms with van der Waals surface area (Å²) in [7, 11) is 2.90. The maximum atomic E-state index is 14.4. The van der Waals surface area contributed by atoms with Crippen LogP contribution in [0.15, 0.2) is 5.10 Å². The van der Waals surface area contributed by atoms with Crippen molar-refractivity contribution in [2.24, 2.45) is 11.0 Å².